The van der Waals surface area contributed by atoms with Crippen LogP contribution in [0.2, 0.25) is 0 Å². The van der Waals surface area contributed by atoms with Crippen LogP contribution < -0.4 is 5.32 Å². The molecule has 0 aliphatic heterocycles. The number of carboxylic acids is 1. The van der Waals surface area contributed by atoms with Gasteiger partial charge in [0, 0.05) is 5.39 Å². The van der Waals surface area contributed by atoms with Crippen LogP contribution in [0, 0.1) is 5.92 Å². The maximum atomic E-state index is 12.1. The fourth-order valence-corrected chi connectivity index (χ4v) is 1.92. The molecule has 0 spiro atoms. The summed E-state index contributed by atoms with van der Waals surface area (Å²) in [6.07, 6.45) is 0. The maximum Gasteiger partial charge on any atom is 0.326 e. The Kier molecular flexibility index (Phi) is 3.98. The summed E-state index contributed by atoms with van der Waals surface area (Å²) in [5.41, 5.74) is 0.923. The van der Waals surface area contributed by atoms with Gasteiger partial charge < -0.3 is 10.4 Å². The summed E-state index contributed by atoms with van der Waals surface area (Å²) in [5, 5.41) is 12.5. The van der Waals surface area contributed by atoms with E-state index in [1.165, 1.54) is 0 Å². The Labute approximate surface area is 116 Å². The van der Waals surface area contributed by atoms with Crippen LogP contribution in [0.25, 0.3) is 10.9 Å². The van der Waals surface area contributed by atoms with Gasteiger partial charge in [0.1, 0.15) is 11.7 Å². The van der Waals surface area contributed by atoms with Gasteiger partial charge in [0.25, 0.3) is 5.91 Å². The van der Waals surface area contributed by atoms with Crippen LogP contribution >= 0.6 is 0 Å². The highest BCUT2D eigenvalue weighted by Gasteiger charge is 2.24. The van der Waals surface area contributed by atoms with Gasteiger partial charge in [-0.15, -0.1) is 0 Å². The minimum absolute atomic E-state index is 0.197. The van der Waals surface area contributed by atoms with Crippen molar-refractivity contribution in [2.75, 3.05) is 0 Å². The fraction of sp³-hybridized carbons (Fsp3) is 0.267. The van der Waals surface area contributed by atoms with Crippen LogP contribution in [0.1, 0.15) is 24.3 Å². The number of hydrogen-bond acceptors (Lipinski definition) is 3. The molecule has 2 aromatic rings. The van der Waals surface area contributed by atoms with Crippen molar-refractivity contribution in [1.29, 1.82) is 0 Å². The van der Waals surface area contributed by atoms with Crippen molar-refractivity contribution in [2.45, 2.75) is 19.9 Å². The van der Waals surface area contributed by atoms with Crippen LogP contribution in [0.3, 0.4) is 0 Å². The van der Waals surface area contributed by atoms with Gasteiger partial charge in [0.15, 0.2) is 0 Å². The third-order valence-corrected chi connectivity index (χ3v) is 3.05. The first kappa shape index (κ1) is 14.0. The van der Waals surface area contributed by atoms with E-state index in [0.717, 1.165) is 5.39 Å². The maximum absolute atomic E-state index is 12.1. The molecule has 104 valence electrons. The van der Waals surface area contributed by atoms with Crippen molar-refractivity contribution in [3.05, 3.63) is 42.1 Å². The molecule has 0 bridgehead atoms. The Morgan fingerprint density at radius 2 is 1.85 bits per heavy atom. The molecule has 0 aliphatic rings. The number of amides is 1. The normalized spacial score (nSPS) is 12.3. The molecular weight excluding hydrogens is 256 g/mol. The number of aromatic nitrogens is 1. The zero-order chi connectivity index (χ0) is 14.7. The number of carbonyl (C=O) groups is 2. The van der Waals surface area contributed by atoms with Crippen molar-refractivity contribution in [3.63, 3.8) is 0 Å². The van der Waals surface area contributed by atoms with Gasteiger partial charge in [-0.1, -0.05) is 38.1 Å². The standard InChI is InChI=1S/C15H16N2O3/c1-9(2)13(15(19)20)17-14(18)12-8-7-10-5-3-4-6-11(10)16-12/h3-9,13H,1-2H3,(H,17,18)(H,19,20)/t13-/m1/s1. The van der Waals surface area contributed by atoms with E-state index in [1.807, 2.05) is 24.3 Å². The number of aliphatic carboxylic acids is 1. The fourth-order valence-electron chi connectivity index (χ4n) is 1.92. The number of nitrogens with one attached hydrogen (secondary N) is 1. The second-order valence-corrected chi connectivity index (χ2v) is 4.92. The number of benzene rings is 1. The minimum atomic E-state index is -1.05. The van der Waals surface area contributed by atoms with Gasteiger partial charge in [-0.05, 0) is 18.1 Å². The Hall–Kier alpha value is -2.43. The number of nitrogens with zero attached hydrogens (tertiary/aromatic N) is 1. The van der Waals surface area contributed by atoms with E-state index in [4.69, 9.17) is 5.11 Å². The van der Waals surface area contributed by atoms with Gasteiger partial charge in [0.2, 0.25) is 0 Å². The van der Waals surface area contributed by atoms with Crippen LogP contribution in [0.15, 0.2) is 36.4 Å². The number of carbonyl (C=O) groups excluding carboxylic acids is 1. The molecule has 5 heteroatoms. The molecule has 1 heterocycles. The Morgan fingerprint density at radius 3 is 2.50 bits per heavy atom. The van der Waals surface area contributed by atoms with Crippen LogP contribution in [-0.4, -0.2) is 28.0 Å². The molecule has 0 radical (unpaired) electrons. The van der Waals surface area contributed by atoms with E-state index in [-0.39, 0.29) is 11.6 Å². The van der Waals surface area contributed by atoms with Crippen LogP contribution in [-0.2, 0) is 4.79 Å². The zero-order valence-electron chi connectivity index (χ0n) is 11.3. The van der Waals surface area contributed by atoms with Crippen molar-refractivity contribution >= 4 is 22.8 Å². The quantitative estimate of drug-likeness (QED) is 0.893. The molecule has 1 aromatic carbocycles. The molecular formula is C15H16N2O3. The minimum Gasteiger partial charge on any atom is -0.480 e. The summed E-state index contributed by atoms with van der Waals surface area (Å²) >= 11 is 0. The summed E-state index contributed by atoms with van der Waals surface area (Å²) in [7, 11) is 0. The van der Waals surface area contributed by atoms with E-state index < -0.39 is 17.9 Å². The third-order valence-electron chi connectivity index (χ3n) is 3.05. The predicted octanol–water partition coefficient (Wildman–Crippen LogP) is 2.07. The second-order valence-electron chi connectivity index (χ2n) is 4.92. The van der Waals surface area contributed by atoms with Crippen molar-refractivity contribution in [3.8, 4) is 0 Å². The zero-order valence-corrected chi connectivity index (χ0v) is 11.3. The predicted molar refractivity (Wildman–Crippen MR) is 75.5 cm³/mol. The molecule has 0 saturated heterocycles. The van der Waals surface area contributed by atoms with E-state index in [0.29, 0.717) is 5.52 Å². The number of hydrogen-bond donors (Lipinski definition) is 2. The number of rotatable bonds is 4. The average Bonchev–Trinajstić information content (AvgIpc) is 2.43. The lowest BCUT2D eigenvalue weighted by atomic mass is 10.0. The Morgan fingerprint density at radius 1 is 1.15 bits per heavy atom. The average molecular weight is 272 g/mol. The van der Waals surface area contributed by atoms with Crippen LogP contribution in [0.4, 0.5) is 0 Å². The molecule has 5 nitrogen and oxygen atoms in total. The van der Waals surface area contributed by atoms with E-state index in [2.05, 4.69) is 10.3 Å². The highest BCUT2D eigenvalue weighted by molar-refractivity contribution is 5.97. The van der Waals surface area contributed by atoms with Crippen molar-refractivity contribution in [2.24, 2.45) is 5.92 Å². The van der Waals surface area contributed by atoms with Crippen molar-refractivity contribution < 1.29 is 14.7 Å². The van der Waals surface area contributed by atoms with Gasteiger partial charge in [-0.2, -0.15) is 0 Å². The molecule has 0 aliphatic carbocycles. The lowest BCUT2D eigenvalue weighted by Crippen LogP contribution is -2.44. The second kappa shape index (κ2) is 5.69. The number of fused-ring (bicyclic) bond motifs is 1. The first-order chi connectivity index (χ1) is 9.49. The summed E-state index contributed by atoms with van der Waals surface area (Å²) < 4.78 is 0. The Bertz CT molecular complexity index is 652. The first-order valence-electron chi connectivity index (χ1n) is 6.38. The molecule has 2 N–H and O–H groups in total. The topological polar surface area (TPSA) is 79.3 Å². The van der Waals surface area contributed by atoms with Crippen LogP contribution in [0.5, 0.6) is 0 Å². The number of carboxylic acid groups (broad SMARTS) is 1. The molecule has 1 amide bonds. The van der Waals surface area contributed by atoms with E-state index in [9.17, 15) is 9.59 Å². The summed E-state index contributed by atoms with van der Waals surface area (Å²) in [6.45, 7) is 3.49. The molecule has 1 aromatic heterocycles. The number of pyridine rings is 1. The molecule has 0 fully saturated rings. The summed E-state index contributed by atoms with van der Waals surface area (Å²) in [4.78, 5) is 27.4. The monoisotopic (exact) mass is 272 g/mol. The lowest BCUT2D eigenvalue weighted by molar-refractivity contribution is -0.140. The van der Waals surface area contributed by atoms with Gasteiger partial charge in [0.05, 0.1) is 5.52 Å². The van der Waals surface area contributed by atoms with Gasteiger partial charge >= 0.3 is 5.97 Å². The summed E-state index contributed by atoms with van der Waals surface area (Å²) in [5.74, 6) is -1.72. The molecule has 0 unspecified atom stereocenters. The summed E-state index contributed by atoms with van der Waals surface area (Å²) in [6, 6.07) is 9.91. The van der Waals surface area contributed by atoms with Gasteiger partial charge in [-0.3, -0.25) is 4.79 Å². The molecule has 20 heavy (non-hydrogen) atoms. The Balaban J connectivity index is 2.24. The van der Waals surface area contributed by atoms with Crippen molar-refractivity contribution in [1.82, 2.24) is 10.3 Å². The van der Waals surface area contributed by atoms with Gasteiger partial charge in [-0.25, -0.2) is 9.78 Å². The largest absolute Gasteiger partial charge is 0.480 e. The lowest BCUT2D eigenvalue weighted by Gasteiger charge is -2.17. The van der Waals surface area contributed by atoms with E-state index >= 15 is 0 Å². The number of para-hydroxylation sites is 1. The smallest absolute Gasteiger partial charge is 0.326 e. The third kappa shape index (κ3) is 2.93. The SMILES string of the molecule is CC(C)[C@@H](NC(=O)c1ccc2ccccc2n1)C(=O)O. The molecule has 1 atom stereocenters. The van der Waals surface area contributed by atoms with E-state index in [1.54, 1.807) is 26.0 Å². The first-order valence-corrected chi connectivity index (χ1v) is 6.38. The molecule has 2 rings (SSSR count). The highest BCUT2D eigenvalue weighted by Crippen LogP contribution is 2.12. The molecule has 0 saturated carbocycles. The highest BCUT2D eigenvalue weighted by atomic mass is 16.4.